The van der Waals surface area contributed by atoms with Gasteiger partial charge in [0.15, 0.2) is 11.4 Å². The molecule has 0 aliphatic carbocycles. The third-order valence-corrected chi connectivity index (χ3v) is 3.54. The standard InChI is InChI=1S/C16H15N3O2/c1-10-11(2)19-7-5-13(15(17)16(19)18-10)14(20)4-3-12-6-8-21-9-12/h3-9H,17H2,1-2H3/b4-3+. The first kappa shape index (κ1) is 13.2. The van der Waals surface area contributed by atoms with Crippen LogP contribution in [0.2, 0.25) is 0 Å². The zero-order chi connectivity index (χ0) is 15.0. The molecule has 0 fully saturated rings. The van der Waals surface area contributed by atoms with Crippen LogP contribution >= 0.6 is 0 Å². The molecule has 2 N–H and O–H groups in total. The molecule has 0 aliphatic rings. The smallest absolute Gasteiger partial charge is 0.188 e. The van der Waals surface area contributed by atoms with Gasteiger partial charge in [0.1, 0.15) is 0 Å². The highest BCUT2D eigenvalue weighted by atomic mass is 16.3. The van der Waals surface area contributed by atoms with Crippen LogP contribution in [0.25, 0.3) is 11.7 Å². The van der Waals surface area contributed by atoms with Gasteiger partial charge in [-0.2, -0.15) is 0 Å². The van der Waals surface area contributed by atoms with Gasteiger partial charge in [0.25, 0.3) is 0 Å². The summed E-state index contributed by atoms with van der Waals surface area (Å²) in [4.78, 5) is 16.7. The minimum atomic E-state index is -0.158. The molecule has 5 heteroatoms. The summed E-state index contributed by atoms with van der Waals surface area (Å²) in [6, 6.07) is 3.50. The number of aryl methyl sites for hydroxylation is 2. The largest absolute Gasteiger partial charge is 0.472 e. The predicted octanol–water partition coefficient (Wildman–Crippen LogP) is 3.02. The Morgan fingerprint density at radius 3 is 2.90 bits per heavy atom. The van der Waals surface area contributed by atoms with Crippen molar-refractivity contribution in [2.75, 3.05) is 5.73 Å². The highest BCUT2D eigenvalue weighted by Gasteiger charge is 2.14. The quantitative estimate of drug-likeness (QED) is 0.591. The summed E-state index contributed by atoms with van der Waals surface area (Å²) in [6.07, 6.45) is 8.12. The van der Waals surface area contributed by atoms with Crippen LogP contribution in [-0.2, 0) is 0 Å². The van der Waals surface area contributed by atoms with E-state index in [1.807, 2.05) is 24.4 Å². The molecule has 0 amide bonds. The monoisotopic (exact) mass is 281 g/mol. The third-order valence-electron chi connectivity index (χ3n) is 3.54. The van der Waals surface area contributed by atoms with E-state index in [0.29, 0.717) is 16.9 Å². The fraction of sp³-hybridized carbons (Fsp3) is 0.125. The Morgan fingerprint density at radius 2 is 2.19 bits per heavy atom. The molecule has 0 aromatic carbocycles. The second-order valence-electron chi connectivity index (χ2n) is 4.87. The number of nitrogens with two attached hydrogens (primary N) is 1. The summed E-state index contributed by atoms with van der Waals surface area (Å²) in [5.74, 6) is -0.158. The van der Waals surface area contributed by atoms with Gasteiger partial charge in [0.05, 0.1) is 29.5 Å². The number of nitrogens with zero attached hydrogens (tertiary/aromatic N) is 2. The minimum Gasteiger partial charge on any atom is -0.472 e. The van der Waals surface area contributed by atoms with Crippen LogP contribution in [0, 0.1) is 13.8 Å². The van der Waals surface area contributed by atoms with Crippen LogP contribution in [-0.4, -0.2) is 15.2 Å². The van der Waals surface area contributed by atoms with Crippen molar-refractivity contribution < 1.29 is 9.21 Å². The van der Waals surface area contributed by atoms with E-state index in [2.05, 4.69) is 4.98 Å². The maximum absolute atomic E-state index is 12.3. The van der Waals surface area contributed by atoms with Crippen molar-refractivity contribution in [2.24, 2.45) is 0 Å². The number of carbonyl (C=O) groups excluding carboxylic acids is 1. The topological polar surface area (TPSA) is 73.5 Å². The number of allylic oxidation sites excluding steroid dienone is 1. The molecule has 0 radical (unpaired) electrons. The van der Waals surface area contributed by atoms with Gasteiger partial charge in [0.2, 0.25) is 0 Å². The Hall–Kier alpha value is -2.82. The molecule has 106 valence electrons. The lowest BCUT2D eigenvalue weighted by Gasteiger charge is -2.04. The summed E-state index contributed by atoms with van der Waals surface area (Å²) in [6.45, 7) is 3.89. The molecule has 3 heterocycles. The van der Waals surface area contributed by atoms with Crippen LogP contribution in [0.3, 0.4) is 0 Å². The fourth-order valence-electron chi connectivity index (χ4n) is 2.20. The van der Waals surface area contributed by atoms with Gasteiger partial charge in [-0.1, -0.05) is 0 Å². The van der Waals surface area contributed by atoms with E-state index in [-0.39, 0.29) is 5.78 Å². The summed E-state index contributed by atoms with van der Waals surface area (Å²) in [5.41, 5.74) is 10.3. The number of hydrogen-bond donors (Lipinski definition) is 1. The summed E-state index contributed by atoms with van der Waals surface area (Å²) >= 11 is 0. The number of aromatic nitrogens is 2. The first-order valence-corrected chi connectivity index (χ1v) is 6.56. The van der Waals surface area contributed by atoms with Crippen LogP contribution < -0.4 is 5.73 Å². The Labute approximate surface area is 121 Å². The molecular formula is C16H15N3O2. The lowest BCUT2D eigenvalue weighted by molar-refractivity contribution is 0.104. The molecule has 0 spiro atoms. The molecular weight excluding hydrogens is 266 g/mol. The van der Waals surface area contributed by atoms with Gasteiger partial charge in [-0.05, 0) is 38.1 Å². The normalized spacial score (nSPS) is 11.5. The van der Waals surface area contributed by atoms with Crippen molar-refractivity contribution in [3.63, 3.8) is 0 Å². The molecule has 0 saturated carbocycles. The molecule has 0 saturated heterocycles. The lowest BCUT2D eigenvalue weighted by Crippen LogP contribution is -2.04. The summed E-state index contributed by atoms with van der Waals surface area (Å²) in [7, 11) is 0. The van der Waals surface area contributed by atoms with Crippen LogP contribution in [0.5, 0.6) is 0 Å². The number of furan rings is 1. The molecule has 21 heavy (non-hydrogen) atoms. The summed E-state index contributed by atoms with van der Waals surface area (Å²) in [5, 5.41) is 0. The number of fused-ring (bicyclic) bond motifs is 1. The van der Waals surface area contributed by atoms with Gasteiger partial charge in [-0.25, -0.2) is 4.98 Å². The molecule has 0 aliphatic heterocycles. The third kappa shape index (κ3) is 2.23. The molecule has 0 bridgehead atoms. The zero-order valence-electron chi connectivity index (χ0n) is 11.8. The Morgan fingerprint density at radius 1 is 1.38 bits per heavy atom. The van der Waals surface area contributed by atoms with E-state index >= 15 is 0 Å². The molecule has 3 aromatic rings. The number of nitrogen functional groups attached to an aromatic ring is 1. The number of rotatable bonds is 3. The molecule has 3 aromatic heterocycles. The second-order valence-corrected chi connectivity index (χ2v) is 4.87. The average molecular weight is 281 g/mol. The molecule has 3 rings (SSSR count). The van der Waals surface area contributed by atoms with E-state index in [4.69, 9.17) is 10.2 Å². The summed E-state index contributed by atoms with van der Waals surface area (Å²) < 4.78 is 6.84. The number of ketones is 1. The van der Waals surface area contributed by atoms with Gasteiger partial charge in [-0.3, -0.25) is 4.79 Å². The van der Waals surface area contributed by atoms with E-state index in [0.717, 1.165) is 17.0 Å². The maximum Gasteiger partial charge on any atom is 0.188 e. The van der Waals surface area contributed by atoms with E-state index in [9.17, 15) is 4.79 Å². The first-order chi connectivity index (χ1) is 10.1. The first-order valence-electron chi connectivity index (χ1n) is 6.56. The van der Waals surface area contributed by atoms with Crippen LogP contribution in [0.15, 0.2) is 41.3 Å². The predicted molar refractivity (Wildman–Crippen MR) is 81.2 cm³/mol. The number of pyridine rings is 1. The van der Waals surface area contributed by atoms with Crippen molar-refractivity contribution in [3.05, 3.63) is 59.4 Å². The average Bonchev–Trinajstić information content (AvgIpc) is 3.08. The van der Waals surface area contributed by atoms with Crippen molar-refractivity contribution in [1.82, 2.24) is 9.38 Å². The van der Waals surface area contributed by atoms with E-state index in [1.165, 1.54) is 6.08 Å². The number of hydrogen-bond acceptors (Lipinski definition) is 4. The second kappa shape index (κ2) is 4.94. The lowest BCUT2D eigenvalue weighted by atomic mass is 10.1. The van der Waals surface area contributed by atoms with Crippen molar-refractivity contribution in [3.8, 4) is 0 Å². The highest BCUT2D eigenvalue weighted by molar-refractivity contribution is 6.11. The van der Waals surface area contributed by atoms with E-state index < -0.39 is 0 Å². The van der Waals surface area contributed by atoms with Gasteiger partial charge in [0, 0.05) is 17.5 Å². The van der Waals surface area contributed by atoms with Crippen LogP contribution in [0.1, 0.15) is 27.3 Å². The van der Waals surface area contributed by atoms with Crippen molar-refractivity contribution in [2.45, 2.75) is 13.8 Å². The molecule has 0 unspecified atom stereocenters. The van der Waals surface area contributed by atoms with Gasteiger partial charge < -0.3 is 14.6 Å². The van der Waals surface area contributed by atoms with Crippen LogP contribution in [0.4, 0.5) is 5.69 Å². The van der Waals surface area contributed by atoms with Crippen molar-refractivity contribution >= 4 is 23.2 Å². The zero-order valence-corrected chi connectivity index (χ0v) is 11.8. The Kier molecular flexibility index (Phi) is 3.10. The minimum absolute atomic E-state index is 0.158. The van der Waals surface area contributed by atoms with Crippen molar-refractivity contribution in [1.29, 1.82) is 0 Å². The fourth-order valence-corrected chi connectivity index (χ4v) is 2.20. The molecule has 5 nitrogen and oxygen atoms in total. The van der Waals surface area contributed by atoms with Gasteiger partial charge in [-0.15, -0.1) is 0 Å². The van der Waals surface area contributed by atoms with Gasteiger partial charge >= 0.3 is 0 Å². The molecule has 0 atom stereocenters. The SMILES string of the molecule is Cc1nc2c(N)c(C(=O)/C=C/c3ccoc3)ccn2c1C. The van der Waals surface area contributed by atoms with E-state index in [1.54, 1.807) is 30.7 Å². The Balaban J connectivity index is 2.00. The number of imidazole rings is 1. The number of anilines is 1. The number of carbonyl (C=O) groups is 1. The highest BCUT2D eigenvalue weighted by Crippen LogP contribution is 2.22. The Bertz CT molecular complexity index is 842. The maximum atomic E-state index is 12.3.